The lowest BCUT2D eigenvalue weighted by Crippen LogP contribution is -2.24. The molecule has 0 spiro atoms. The van der Waals surface area contributed by atoms with Crippen molar-refractivity contribution >= 4 is 0 Å². The average molecular weight is 261 g/mol. The van der Waals surface area contributed by atoms with Crippen LogP contribution in [0.2, 0.25) is 0 Å². The molecule has 1 N–H and O–H groups in total. The number of hydrogen-bond donors (Lipinski definition) is 1. The summed E-state index contributed by atoms with van der Waals surface area (Å²) in [6.45, 7) is 6.75. The zero-order valence-corrected chi connectivity index (χ0v) is 12.0. The van der Waals surface area contributed by atoms with Crippen LogP contribution in [0.15, 0.2) is 29.8 Å². The van der Waals surface area contributed by atoms with Crippen LogP contribution in [-0.4, -0.2) is 26.9 Å². The molecule has 0 aliphatic carbocycles. The molecule has 0 aromatic heterocycles. The van der Waals surface area contributed by atoms with Crippen molar-refractivity contribution < 1.29 is 9.47 Å². The second kappa shape index (κ2) is 6.73. The van der Waals surface area contributed by atoms with Crippen LogP contribution in [0.25, 0.3) is 0 Å². The summed E-state index contributed by atoms with van der Waals surface area (Å²) < 4.78 is 10.9. The number of ether oxygens (including phenoxy) is 2. The van der Waals surface area contributed by atoms with Crippen LogP contribution in [0.5, 0.6) is 5.75 Å². The minimum atomic E-state index is 0.262. The third-order valence-corrected chi connectivity index (χ3v) is 3.47. The first kappa shape index (κ1) is 14.1. The Balaban J connectivity index is 2.00. The van der Waals surface area contributed by atoms with Gasteiger partial charge in [0.05, 0.1) is 20.3 Å². The number of benzene rings is 1. The van der Waals surface area contributed by atoms with Crippen LogP contribution in [0, 0.1) is 6.92 Å². The Bertz CT molecular complexity index is 454. The molecule has 0 radical (unpaired) electrons. The fraction of sp³-hybridized carbons (Fsp3) is 0.500. The summed E-state index contributed by atoms with van der Waals surface area (Å²) >= 11 is 0. The predicted molar refractivity (Wildman–Crippen MR) is 77.7 cm³/mol. The molecule has 0 saturated heterocycles. The normalized spacial score (nSPS) is 16.9. The SMILES string of the molecule is COc1ccc(C)cc1C(C)NCC1=CCCOC1. The van der Waals surface area contributed by atoms with E-state index < -0.39 is 0 Å². The molecular formula is C16H23NO2. The molecule has 0 saturated carbocycles. The van der Waals surface area contributed by atoms with E-state index in [0.717, 1.165) is 31.9 Å². The van der Waals surface area contributed by atoms with Crippen molar-refractivity contribution in [2.75, 3.05) is 26.9 Å². The van der Waals surface area contributed by atoms with E-state index in [1.807, 2.05) is 6.07 Å². The van der Waals surface area contributed by atoms with Crippen molar-refractivity contribution in [1.82, 2.24) is 5.32 Å². The maximum Gasteiger partial charge on any atom is 0.123 e. The van der Waals surface area contributed by atoms with Gasteiger partial charge in [-0.05, 0) is 31.9 Å². The minimum absolute atomic E-state index is 0.262. The highest BCUT2D eigenvalue weighted by molar-refractivity contribution is 5.39. The number of methoxy groups -OCH3 is 1. The molecule has 104 valence electrons. The number of hydrogen-bond acceptors (Lipinski definition) is 3. The molecule has 3 heteroatoms. The molecule has 0 amide bonds. The third-order valence-electron chi connectivity index (χ3n) is 3.47. The Morgan fingerprint density at radius 2 is 2.26 bits per heavy atom. The molecule has 1 heterocycles. The van der Waals surface area contributed by atoms with E-state index in [1.54, 1.807) is 7.11 Å². The highest BCUT2D eigenvalue weighted by Gasteiger charge is 2.12. The molecule has 19 heavy (non-hydrogen) atoms. The number of rotatable bonds is 5. The summed E-state index contributed by atoms with van der Waals surface area (Å²) in [6, 6.07) is 6.55. The molecule has 1 aliphatic heterocycles. The Morgan fingerprint density at radius 3 is 2.95 bits per heavy atom. The average Bonchev–Trinajstić information content (AvgIpc) is 2.46. The van der Waals surface area contributed by atoms with Crippen molar-refractivity contribution in [3.63, 3.8) is 0 Å². The van der Waals surface area contributed by atoms with E-state index in [1.165, 1.54) is 16.7 Å². The first-order valence-corrected chi connectivity index (χ1v) is 6.84. The molecule has 1 aromatic carbocycles. The van der Waals surface area contributed by atoms with Crippen LogP contribution in [0.3, 0.4) is 0 Å². The summed E-state index contributed by atoms with van der Waals surface area (Å²) in [7, 11) is 1.72. The molecule has 0 fully saturated rings. The van der Waals surface area contributed by atoms with Gasteiger partial charge in [0.15, 0.2) is 0 Å². The molecule has 1 atom stereocenters. The van der Waals surface area contributed by atoms with Gasteiger partial charge in [0, 0.05) is 18.2 Å². The fourth-order valence-corrected chi connectivity index (χ4v) is 2.32. The highest BCUT2D eigenvalue weighted by Crippen LogP contribution is 2.26. The Labute approximate surface area is 115 Å². The molecule has 1 unspecified atom stereocenters. The maximum absolute atomic E-state index is 5.45. The van der Waals surface area contributed by atoms with Crippen molar-refractivity contribution in [2.24, 2.45) is 0 Å². The van der Waals surface area contributed by atoms with Crippen LogP contribution >= 0.6 is 0 Å². The van der Waals surface area contributed by atoms with Gasteiger partial charge in [0.1, 0.15) is 5.75 Å². The smallest absolute Gasteiger partial charge is 0.123 e. The Kier molecular flexibility index (Phi) is 5.00. The molecule has 2 rings (SSSR count). The van der Waals surface area contributed by atoms with E-state index in [0.29, 0.717) is 0 Å². The van der Waals surface area contributed by atoms with Crippen LogP contribution < -0.4 is 10.1 Å². The monoisotopic (exact) mass is 261 g/mol. The lowest BCUT2D eigenvalue weighted by molar-refractivity contribution is 0.148. The zero-order valence-electron chi connectivity index (χ0n) is 12.0. The molecule has 0 bridgehead atoms. The summed E-state index contributed by atoms with van der Waals surface area (Å²) in [6.07, 6.45) is 3.30. The van der Waals surface area contributed by atoms with Gasteiger partial charge in [-0.2, -0.15) is 0 Å². The maximum atomic E-state index is 5.45. The zero-order chi connectivity index (χ0) is 13.7. The third kappa shape index (κ3) is 3.82. The summed E-state index contributed by atoms with van der Waals surface area (Å²) in [5.41, 5.74) is 3.80. The topological polar surface area (TPSA) is 30.5 Å². The van der Waals surface area contributed by atoms with Crippen molar-refractivity contribution in [3.05, 3.63) is 41.0 Å². The quantitative estimate of drug-likeness (QED) is 0.827. The van der Waals surface area contributed by atoms with E-state index in [2.05, 4.69) is 37.4 Å². The Morgan fingerprint density at radius 1 is 1.42 bits per heavy atom. The molecular weight excluding hydrogens is 238 g/mol. The first-order valence-electron chi connectivity index (χ1n) is 6.84. The van der Waals surface area contributed by atoms with Gasteiger partial charge < -0.3 is 14.8 Å². The van der Waals surface area contributed by atoms with Gasteiger partial charge in [-0.25, -0.2) is 0 Å². The van der Waals surface area contributed by atoms with Gasteiger partial charge in [-0.3, -0.25) is 0 Å². The van der Waals surface area contributed by atoms with Crippen molar-refractivity contribution in [3.8, 4) is 5.75 Å². The van der Waals surface area contributed by atoms with Crippen LogP contribution in [-0.2, 0) is 4.74 Å². The van der Waals surface area contributed by atoms with Crippen molar-refractivity contribution in [1.29, 1.82) is 0 Å². The highest BCUT2D eigenvalue weighted by atomic mass is 16.5. The molecule has 1 aliphatic rings. The second-order valence-electron chi connectivity index (χ2n) is 5.05. The van der Waals surface area contributed by atoms with Gasteiger partial charge in [-0.15, -0.1) is 0 Å². The van der Waals surface area contributed by atoms with Crippen molar-refractivity contribution in [2.45, 2.75) is 26.3 Å². The van der Waals surface area contributed by atoms with Gasteiger partial charge >= 0.3 is 0 Å². The standard InChI is InChI=1S/C16H23NO2/c1-12-6-7-16(18-3)15(9-12)13(2)17-10-14-5-4-8-19-11-14/h5-7,9,13,17H,4,8,10-11H2,1-3H3. The van der Waals surface area contributed by atoms with E-state index in [-0.39, 0.29) is 6.04 Å². The second-order valence-corrected chi connectivity index (χ2v) is 5.05. The number of nitrogens with one attached hydrogen (secondary N) is 1. The molecule has 3 nitrogen and oxygen atoms in total. The minimum Gasteiger partial charge on any atom is -0.496 e. The number of aryl methyl sites for hydroxylation is 1. The Hall–Kier alpha value is -1.32. The lowest BCUT2D eigenvalue weighted by Gasteiger charge is -2.20. The molecule has 1 aromatic rings. The van der Waals surface area contributed by atoms with E-state index in [9.17, 15) is 0 Å². The van der Waals surface area contributed by atoms with Gasteiger partial charge in [0.2, 0.25) is 0 Å². The predicted octanol–water partition coefficient (Wildman–Crippen LogP) is 3.00. The summed E-state index contributed by atoms with van der Waals surface area (Å²) in [4.78, 5) is 0. The largest absolute Gasteiger partial charge is 0.496 e. The van der Waals surface area contributed by atoms with Crippen LogP contribution in [0.1, 0.15) is 30.5 Å². The van der Waals surface area contributed by atoms with Gasteiger partial charge in [-0.1, -0.05) is 23.8 Å². The fourth-order valence-electron chi connectivity index (χ4n) is 2.32. The summed E-state index contributed by atoms with van der Waals surface area (Å²) in [5.74, 6) is 0.944. The van der Waals surface area contributed by atoms with E-state index in [4.69, 9.17) is 9.47 Å². The van der Waals surface area contributed by atoms with E-state index >= 15 is 0 Å². The summed E-state index contributed by atoms with van der Waals surface area (Å²) in [5, 5.41) is 3.54. The van der Waals surface area contributed by atoms with Gasteiger partial charge in [0.25, 0.3) is 0 Å². The van der Waals surface area contributed by atoms with Crippen LogP contribution in [0.4, 0.5) is 0 Å². The first-order chi connectivity index (χ1) is 9.20. The lowest BCUT2D eigenvalue weighted by atomic mass is 10.0.